The number of ether oxygens (including phenoxy) is 1. The molecule has 1 aliphatic rings. The number of hydrogen-bond acceptors (Lipinski definition) is 5. The van der Waals surface area contributed by atoms with Crippen LogP contribution >= 0.6 is 12.2 Å². The van der Waals surface area contributed by atoms with Gasteiger partial charge in [0.1, 0.15) is 11.3 Å². The molecule has 1 heterocycles. The molecule has 0 unspecified atom stereocenters. The minimum Gasteiger partial charge on any atom is -0.479 e. The Morgan fingerprint density at radius 3 is 2.43 bits per heavy atom. The van der Waals surface area contributed by atoms with E-state index in [2.05, 4.69) is 5.32 Å². The number of anilines is 1. The lowest BCUT2D eigenvalue weighted by atomic mass is 10.0. The van der Waals surface area contributed by atoms with Crippen molar-refractivity contribution < 1.29 is 24.2 Å². The number of carbonyl (C=O) groups excluding carboxylic acids is 2. The van der Waals surface area contributed by atoms with Crippen LogP contribution in [0, 0.1) is 13.8 Å². The van der Waals surface area contributed by atoms with Gasteiger partial charge in [0, 0.05) is 0 Å². The van der Waals surface area contributed by atoms with E-state index in [0.29, 0.717) is 17.0 Å². The zero-order valence-corrected chi connectivity index (χ0v) is 17.4. The van der Waals surface area contributed by atoms with Gasteiger partial charge in [-0.2, -0.15) is 0 Å². The van der Waals surface area contributed by atoms with Crippen molar-refractivity contribution in [3.05, 3.63) is 64.7 Å². The normalized spacial score (nSPS) is 16.4. The Morgan fingerprint density at radius 1 is 1.17 bits per heavy atom. The van der Waals surface area contributed by atoms with E-state index < -0.39 is 23.9 Å². The molecule has 30 heavy (non-hydrogen) atoms. The Hall–Kier alpha value is -3.52. The lowest BCUT2D eigenvalue weighted by Crippen LogP contribution is -2.54. The predicted molar refractivity (Wildman–Crippen MR) is 116 cm³/mol. The Kier molecular flexibility index (Phi) is 5.98. The zero-order chi connectivity index (χ0) is 22.0. The molecule has 1 saturated heterocycles. The Labute approximate surface area is 179 Å². The number of amides is 2. The molecule has 0 aromatic heterocycles. The highest BCUT2D eigenvalue weighted by Crippen LogP contribution is 2.26. The second kappa shape index (κ2) is 8.46. The molecule has 1 atom stereocenters. The summed E-state index contributed by atoms with van der Waals surface area (Å²) in [5.41, 5.74) is 3.03. The number of aliphatic carboxylic acids is 1. The topological polar surface area (TPSA) is 95.9 Å². The molecule has 154 valence electrons. The molecule has 2 amide bonds. The molecule has 2 aromatic carbocycles. The van der Waals surface area contributed by atoms with E-state index in [1.54, 1.807) is 30.3 Å². The van der Waals surface area contributed by atoms with Crippen LogP contribution in [0.2, 0.25) is 0 Å². The maximum atomic E-state index is 13.1. The minimum atomic E-state index is -1.08. The fourth-order valence-electron chi connectivity index (χ4n) is 3.00. The van der Waals surface area contributed by atoms with Gasteiger partial charge in [0.05, 0.1) is 5.69 Å². The summed E-state index contributed by atoms with van der Waals surface area (Å²) in [6, 6.07) is 12.0. The van der Waals surface area contributed by atoms with E-state index in [1.165, 1.54) is 17.9 Å². The first-order chi connectivity index (χ1) is 14.2. The van der Waals surface area contributed by atoms with Crippen molar-refractivity contribution in [3.8, 4) is 5.75 Å². The molecule has 0 bridgehead atoms. The van der Waals surface area contributed by atoms with E-state index in [-0.39, 0.29) is 10.7 Å². The van der Waals surface area contributed by atoms with E-state index >= 15 is 0 Å². The molecule has 0 radical (unpaired) electrons. The molecule has 0 aliphatic carbocycles. The first-order valence-corrected chi connectivity index (χ1v) is 9.56. The van der Waals surface area contributed by atoms with Crippen molar-refractivity contribution in [3.63, 3.8) is 0 Å². The second-order valence-electron chi connectivity index (χ2n) is 6.92. The van der Waals surface area contributed by atoms with Gasteiger partial charge in [-0.15, -0.1) is 0 Å². The summed E-state index contributed by atoms with van der Waals surface area (Å²) in [5.74, 6) is -1.81. The molecule has 3 rings (SSSR count). The molecule has 7 nitrogen and oxygen atoms in total. The molecule has 0 spiro atoms. The number of nitrogens with one attached hydrogen (secondary N) is 1. The number of thiocarbonyl (C=S) groups is 1. The fraction of sp³-hybridized carbons (Fsp3) is 0.182. The molecule has 0 saturated carbocycles. The number of hydrogen-bond donors (Lipinski definition) is 2. The lowest BCUT2D eigenvalue weighted by molar-refractivity contribution is -0.144. The number of carboxylic acids is 1. The smallest absolute Gasteiger partial charge is 0.344 e. The van der Waals surface area contributed by atoms with Crippen LogP contribution in [0.25, 0.3) is 6.08 Å². The first kappa shape index (κ1) is 21.2. The summed E-state index contributed by atoms with van der Waals surface area (Å²) in [5, 5.41) is 11.5. The zero-order valence-electron chi connectivity index (χ0n) is 16.6. The summed E-state index contributed by atoms with van der Waals surface area (Å²) < 4.78 is 5.28. The number of benzene rings is 2. The highest BCUT2D eigenvalue weighted by Gasteiger charge is 2.35. The molecule has 1 aliphatic heterocycles. The average Bonchev–Trinajstić information content (AvgIpc) is 2.67. The van der Waals surface area contributed by atoms with Crippen LogP contribution in [0.15, 0.2) is 48.0 Å². The molecule has 1 fully saturated rings. The number of carboxylic acid groups (broad SMARTS) is 1. The lowest BCUT2D eigenvalue weighted by Gasteiger charge is -2.30. The van der Waals surface area contributed by atoms with Gasteiger partial charge >= 0.3 is 5.97 Å². The Morgan fingerprint density at radius 2 is 1.83 bits per heavy atom. The summed E-state index contributed by atoms with van der Waals surface area (Å²) in [6.07, 6.45) is 0.465. The maximum absolute atomic E-state index is 13.1. The third-order valence-electron chi connectivity index (χ3n) is 4.55. The second-order valence-corrected chi connectivity index (χ2v) is 7.30. The highest BCUT2D eigenvalue weighted by molar-refractivity contribution is 7.80. The average molecular weight is 424 g/mol. The van der Waals surface area contributed by atoms with Crippen LogP contribution in [-0.4, -0.2) is 34.1 Å². The van der Waals surface area contributed by atoms with E-state index in [4.69, 9.17) is 22.1 Å². The van der Waals surface area contributed by atoms with E-state index in [1.807, 2.05) is 26.0 Å². The Bertz CT molecular complexity index is 1080. The van der Waals surface area contributed by atoms with Crippen molar-refractivity contribution >= 4 is 46.9 Å². The quantitative estimate of drug-likeness (QED) is 0.435. The molecule has 8 heteroatoms. The SMILES string of the molecule is Cc1ccc(N2C(=O)/C(=C/c3ccc(O[C@H](C)C(=O)O)cc3)C(=O)NC2=S)c(C)c1. The third kappa shape index (κ3) is 4.38. The van der Waals surface area contributed by atoms with Gasteiger partial charge in [0.25, 0.3) is 11.8 Å². The molecule has 2 aromatic rings. The van der Waals surface area contributed by atoms with E-state index in [9.17, 15) is 14.4 Å². The van der Waals surface area contributed by atoms with Gasteiger partial charge in [-0.05, 0) is 68.4 Å². The van der Waals surface area contributed by atoms with Crippen molar-refractivity contribution in [2.75, 3.05) is 4.90 Å². The number of rotatable bonds is 5. The van der Waals surface area contributed by atoms with Crippen molar-refractivity contribution in [1.29, 1.82) is 0 Å². The number of aryl methyl sites for hydroxylation is 2. The van der Waals surface area contributed by atoms with Crippen molar-refractivity contribution in [2.45, 2.75) is 26.9 Å². The van der Waals surface area contributed by atoms with Gasteiger partial charge < -0.3 is 9.84 Å². The van der Waals surface area contributed by atoms with Crippen LogP contribution in [0.4, 0.5) is 5.69 Å². The summed E-state index contributed by atoms with van der Waals surface area (Å²) in [4.78, 5) is 37.7. The number of nitrogens with zero attached hydrogens (tertiary/aromatic N) is 1. The summed E-state index contributed by atoms with van der Waals surface area (Å²) in [6.45, 7) is 5.24. The third-order valence-corrected chi connectivity index (χ3v) is 4.83. The van der Waals surface area contributed by atoms with Gasteiger partial charge in [0.2, 0.25) is 0 Å². The van der Waals surface area contributed by atoms with Crippen LogP contribution in [0.1, 0.15) is 23.6 Å². The molecular formula is C22H20N2O5S. The number of carbonyl (C=O) groups is 3. The first-order valence-electron chi connectivity index (χ1n) is 9.15. The van der Waals surface area contributed by atoms with Crippen LogP contribution in [-0.2, 0) is 14.4 Å². The molecular weight excluding hydrogens is 404 g/mol. The van der Waals surface area contributed by atoms with Gasteiger partial charge in [-0.1, -0.05) is 29.8 Å². The van der Waals surface area contributed by atoms with Gasteiger partial charge in [-0.25, -0.2) is 4.79 Å². The van der Waals surface area contributed by atoms with Gasteiger partial charge in [0.15, 0.2) is 11.2 Å². The molecule has 2 N–H and O–H groups in total. The predicted octanol–water partition coefficient (Wildman–Crippen LogP) is 2.99. The minimum absolute atomic E-state index is 0.0282. The van der Waals surface area contributed by atoms with Gasteiger partial charge in [-0.3, -0.25) is 19.8 Å². The fourth-order valence-corrected chi connectivity index (χ4v) is 3.27. The highest BCUT2D eigenvalue weighted by atomic mass is 32.1. The Balaban J connectivity index is 1.90. The van der Waals surface area contributed by atoms with Crippen LogP contribution in [0.3, 0.4) is 0 Å². The monoisotopic (exact) mass is 424 g/mol. The van der Waals surface area contributed by atoms with Crippen molar-refractivity contribution in [2.24, 2.45) is 0 Å². The standard InChI is InChI=1S/C22H20N2O5S/c1-12-4-9-18(13(2)10-12)24-20(26)17(19(25)23-22(24)30)11-15-5-7-16(8-6-15)29-14(3)21(27)28/h4-11,14H,1-3H3,(H,27,28)(H,23,25,30)/b17-11+/t14-/m1/s1. The largest absolute Gasteiger partial charge is 0.479 e. The van der Waals surface area contributed by atoms with E-state index in [0.717, 1.165) is 11.1 Å². The summed E-state index contributed by atoms with van der Waals surface area (Å²) >= 11 is 5.23. The summed E-state index contributed by atoms with van der Waals surface area (Å²) in [7, 11) is 0. The maximum Gasteiger partial charge on any atom is 0.344 e. The van der Waals surface area contributed by atoms with Crippen LogP contribution < -0.4 is 15.0 Å². The van der Waals surface area contributed by atoms with Crippen molar-refractivity contribution in [1.82, 2.24) is 5.32 Å². The van der Waals surface area contributed by atoms with Crippen LogP contribution in [0.5, 0.6) is 5.75 Å².